The Bertz CT molecular complexity index is 584. The number of hydrazine groups is 1. The largest absolute Gasteiger partial charge is 0.270 e. The molecule has 2 aromatic heterocycles. The van der Waals surface area contributed by atoms with Gasteiger partial charge in [-0.2, -0.15) is 16.9 Å². The molecule has 0 amide bonds. The number of nitrogens with one attached hydrogen (secondary N) is 1. The van der Waals surface area contributed by atoms with Gasteiger partial charge >= 0.3 is 0 Å². The summed E-state index contributed by atoms with van der Waals surface area (Å²) >= 11 is 10.1. The molecule has 0 saturated heterocycles. The molecule has 1 aliphatic heterocycles. The van der Waals surface area contributed by atoms with Crippen molar-refractivity contribution < 1.29 is 0 Å². The molecule has 0 spiro atoms. The monoisotopic (exact) mass is 328 g/mol. The molecule has 1 atom stereocenters. The second kappa shape index (κ2) is 6.07. The SMILES string of the molecule is CCn1ncc(Cl)c1C(NN)c1cc2c(s1)CCSC2. The van der Waals surface area contributed by atoms with Crippen LogP contribution in [0.25, 0.3) is 0 Å². The van der Waals surface area contributed by atoms with E-state index < -0.39 is 0 Å². The van der Waals surface area contributed by atoms with Crippen LogP contribution in [-0.4, -0.2) is 15.5 Å². The van der Waals surface area contributed by atoms with Crippen molar-refractivity contribution in [2.45, 2.75) is 31.7 Å². The molecule has 0 radical (unpaired) electrons. The van der Waals surface area contributed by atoms with Crippen molar-refractivity contribution in [3.05, 3.63) is 38.3 Å². The van der Waals surface area contributed by atoms with E-state index in [-0.39, 0.29) is 6.04 Å². The van der Waals surface area contributed by atoms with Crippen LogP contribution >= 0.6 is 34.7 Å². The van der Waals surface area contributed by atoms with Crippen molar-refractivity contribution in [1.82, 2.24) is 15.2 Å². The minimum atomic E-state index is -0.0921. The van der Waals surface area contributed by atoms with Crippen LogP contribution in [0.1, 0.15) is 34.0 Å². The summed E-state index contributed by atoms with van der Waals surface area (Å²) in [5.74, 6) is 8.11. The molecule has 4 nitrogen and oxygen atoms in total. The predicted octanol–water partition coefficient (Wildman–Crippen LogP) is 2.96. The van der Waals surface area contributed by atoms with Crippen LogP contribution in [0, 0.1) is 0 Å². The molecule has 3 heterocycles. The Kier molecular flexibility index (Phi) is 4.37. The van der Waals surface area contributed by atoms with Gasteiger partial charge in [0.2, 0.25) is 0 Å². The predicted molar refractivity (Wildman–Crippen MR) is 86.3 cm³/mol. The highest BCUT2D eigenvalue weighted by Gasteiger charge is 2.24. The van der Waals surface area contributed by atoms with E-state index in [9.17, 15) is 0 Å². The summed E-state index contributed by atoms with van der Waals surface area (Å²) in [5, 5.41) is 4.96. The fourth-order valence-electron chi connectivity index (χ4n) is 2.52. The average molecular weight is 329 g/mol. The van der Waals surface area contributed by atoms with E-state index in [0.717, 1.165) is 24.4 Å². The number of thioether (sulfide) groups is 1. The topological polar surface area (TPSA) is 55.9 Å². The van der Waals surface area contributed by atoms with E-state index in [1.165, 1.54) is 21.1 Å². The molecule has 2 aromatic rings. The number of aromatic nitrogens is 2. The van der Waals surface area contributed by atoms with Crippen LogP contribution in [0.2, 0.25) is 5.02 Å². The molecule has 0 saturated carbocycles. The van der Waals surface area contributed by atoms with Crippen LogP contribution in [0.3, 0.4) is 0 Å². The van der Waals surface area contributed by atoms with Crippen molar-refractivity contribution in [2.75, 3.05) is 5.75 Å². The highest BCUT2D eigenvalue weighted by molar-refractivity contribution is 7.98. The van der Waals surface area contributed by atoms with Gasteiger partial charge < -0.3 is 0 Å². The molecule has 1 unspecified atom stereocenters. The Hall–Kier alpha value is -0.530. The summed E-state index contributed by atoms with van der Waals surface area (Å²) in [6, 6.07) is 2.17. The van der Waals surface area contributed by atoms with E-state index in [2.05, 4.69) is 23.5 Å². The number of hydrogen-bond acceptors (Lipinski definition) is 5. The standard InChI is InChI=1S/C13H17ClN4S2/c1-2-18-13(9(14)6-16-18)12(17-15)11-5-8-7-19-4-3-10(8)20-11/h5-6,12,17H,2-4,7,15H2,1H3. The van der Waals surface area contributed by atoms with Gasteiger partial charge in [-0.05, 0) is 30.7 Å². The Morgan fingerprint density at radius 2 is 2.45 bits per heavy atom. The molecular weight excluding hydrogens is 312 g/mol. The zero-order valence-corrected chi connectivity index (χ0v) is 13.6. The summed E-state index contributed by atoms with van der Waals surface area (Å²) in [6.07, 6.45) is 2.84. The zero-order chi connectivity index (χ0) is 14.1. The van der Waals surface area contributed by atoms with Crippen molar-refractivity contribution in [2.24, 2.45) is 5.84 Å². The van der Waals surface area contributed by atoms with E-state index >= 15 is 0 Å². The number of thiophene rings is 1. The molecule has 0 aromatic carbocycles. The fourth-order valence-corrected chi connectivity index (χ4v) is 5.21. The molecule has 1 aliphatic rings. The number of nitrogens with zero attached hydrogens (tertiary/aromatic N) is 2. The van der Waals surface area contributed by atoms with Gasteiger partial charge in [0.15, 0.2) is 0 Å². The minimum absolute atomic E-state index is 0.0921. The second-order valence-corrected chi connectivity index (χ2v) is 7.37. The van der Waals surface area contributed by atoms with Gasteiger partial charge in [-0.25, -0.2) is 5.43 Å². The Labute approximate surface area is 131 Å². The minimum Gasteiger partial charge on any atom is -0.270 e. The molecule has 108 valence electrons. The first-order valence-electron chi connectivity index (χ1n) is 6.61. The summed E-state index contributed by atoms with van der Waals surface area (Å²) in [6.45, 7) is 2.83. The van der Waals surface area contributed by atoms with E-state index in [1.54, 1.807) is 6.20 Å². The van der Waals surface area contributed by atoms with Crippen molar-refractivity contribution in [3.8, 4) is 0 Å². The molecule has 7 heteroatoms. The lowest BCUT2D eigenvalue weighted by Gasteiger charge is -2.16. The lowest BCUT2D eigenvalue weighted by atomic mass is 10.1. The van der Waals surface area contributed by atoms with Crippen LogP contribution < -0.4 is 11.3 Å². The van der Waals surface area contributed by atoms with Gasteiger partial charge in [0.25, 0.3) is 0 Å². The van der Waals surface area contributed by atoms with E-state index in [1.807, 2.05) is 27.8 Å². The first-order chi connectivity index (χ1) is 9.74. The maximum Gasteiger partial charge on any atom is 0.0985 e. The van der Waals surface area contributed by atoms with Gasteiger partial charge in [0.05, 0.1) is 23.0 Å². The molecule has 3 N–H and O–H groups in total. The molecule has 0 fully saturated rings. The molecule has 20 heavy (non-hydrogen) atoms. The van der Waals surface area contributed by atoms with Crippen molar-refractivity contribution >= 4 is 34.7 Å². The quantitative estimate of drug-likeness (QED) is 0.669. The third-order valence-electron chi connectivity index (χ3n) is 3.50. The van der Waals surface area contributed by atoms with E-state index in [0.29, 0.717) is 5.02 Å². The van der Waals surface area contributed by atoms with Gasteiger partial charge in [0, 0.05) is 22.1 Å². The normalized spacial score (nSPS) is 16.1. The number of hydrogen-bond donors (Lipinski definition) is 2. The molecule has 3 rings (SSSR count). The zero-order valence-electron chi connectivity index (χ0n) is 11.2. The maximum absolute atomic E-state index is 6.30. The first kappa shape index (κ1) is 14.4. The van der Waals surface area contributed by atoms with Crippen molar-refractivity contribution in [3.63, 3.8) is 0 Å². The summed E-state index contributed by atoms with van der Waals surface area (Å²) in [5.41, 5.74) is 5.30. The Morgan fingerprint density at radius 3 is 3.15 bits per heavy atom. The fraction of sp³-hybridized carbons (Fsp3) is 0.462. The first-order valence-corrected chi connectivity index (χ1v) is 8.96. The summed E-state index contributed by atoms with van der Waals surface area (Å²) < 4.78 is 1.90. The van der Waals surface area contributed by atoms with Gasteiger partial charge in [-0.3, -0.25) is 10.5 Å². The number of rotatable bonds is 4. The highest BCUT2D eigenvalue weighted by Crippen LogP contribution is 2.37. The van der Waals surface area contributed by atoms with Crippen LogP contribution in [-0.2, 0) is 18.7 Å². The second-order valence-electron chi connectivity index (χ2n) is 4.69. The Morgan fingerprint density at radius 1 is 1.60 bits per heavy atom. The van der Waals surface area contributed by atoms with E-state index in [4.69, 9.17) is 17.4 Å². The lowest BCUT2D eigenvalue weighted by molar-refractivity contribution is 0.548. The molecular formula is C13H17ClN4S2. The van der Waals surface area contributed by atoms with Gasteiger partial charge in [-0.1, -0.05) is 11.6 Å². The Balaban J connectivity index is 2.01. The highest BCUT2D eigenvalue weighted by atomic mass is 35.5. The van der Waals surface area contributed by atoms with Crippen molar-refractivity contribution in [1.29, 1.82) is 0 Å². The van der Waals surface area contributed by atoms with Crippen LogP contribution in [0.4, 0.5) is 0 Å². The third-order valence-corrected chi connectivity index (χ3v) is 6.11. The molecule has 0 aliphatic carbocycles. The number of nitrogens with two attached hydrogens (primary N) is 1. The number of halogens is 1. The smallest absolute Gasteiger partial charge is 0.0985 e. The van der Waals surface area contributed by atoms with Gasteiger partial charge in [0.1, 0.15) is 0 Å². The van der Waals surface area contributed by atoms with Crippen LogP contribution in [0.15, 0.2) is 12.3 Å². The number of aryl methyl sites for hydroxylation is 2. The third kappa shape index (κ3) is 2.51. The van der Waals surface area contributed by atoms with Gasteiger partial charge in [-0.15, -0.1) is 11.3 Å². The van der Waals surface area contributed by atoms with Crippen LogP contribution in [0.5, 0.6) is 0 Å². The average Bonchev–Trinajstić information content (AvgIpc) is 3.04. The maximum atomic E-state index is 6.30. The number of fused-ring (bicyclic) bond motifs is 1. The molecule has 0 bridgehead atoms. The summed E-state index contributed by atoms with van der Waals surface area (Å²) in [7, 11) is 0. The lowest BCUT2D eigenvalue weighted by Crippen LogP contribution is -2.30. The summed E-state index contributed by atoms with van der Waals surface area (Å²) in [4.78, 5) is 2.70.